The zero-order valence-electron chi connectivity index (χ0n) is 17.0. The van der Waals surface area contributed by atoms with Gasteiger partial charge in [-0.15, -0.1) is 0 Å². The van der Waals surface area contributed by atoms with Gasteiger partial charge in [-0.1, -0.05) is 42.8 Å². The van der Waals surface area contributed by atoms with Crippen LogP contribution in [0.2, 0.25) is 0 Å². The molecule has 3 rings (SSSR count). The lowest BCUT2D eigenvalue weighted by Crippen LogP contribution is -2.35. The van der Waals surface area contributed by atoms with E-state index in [0.29, 0.717) is 25.2 Å². The Bertz CT molecular complexity index is 999. The monoisotopic (exact) mass is 430 g/mol. The van der Waals surface area contributed by atoms with Crippen molar-refractivity contribution in [2.24, 2.45) is 0 Å². The number of nitrogens with zero attached hydrogens (tertiary/aromatic N) is 1. The summed E-state index contributed by atoms with van der Waals surface area (Å²) in [5, 5.41) is 2.68. The maximum atomic E-state index is 12.9. The summed E-state index contributed by atoms with van der Waals surface area (Å²) >= 11 is 0. The number of nitrogens with one attached hydrogen (secondary N) is 1. The van der Waals surface area contributed by atoms with Gasteiger partial charge in [0.2, 0.25) is 10.0 Å². The normalized spacial score (nSPS) is 14.8. The average Bonchev–Trinajstić information content (AvgIpc) is 2.77. The van der Waals surface area contributed by atoms with Crippen molar-refractivity contribution < 1.29 is 22.7 Å². The van der Waals surface area contributed by atoms with Crippen LogP contribution in [0.3, 0.4) is 0 Å². The molecular weight excluding hydrogens is 404 g/mol. The van der Waals surface area contributed by atoms with Crippen LogP contribution >= 0.6 is 0 Å². The molecule has 1 amide bonds. The fourth-order valence-electron chi connectivity index (χ4n) is 3.29. The molecule has 0 unspecified atom stereocenters. The van der Waals surface area contributed by atoms with E-state index in [2.05, 4.69) is 5.32 Å². The highest BCUT2D eigenvalue weighted by Crippen LogP contribution is 2.23. The molecule has 160 valence electrons. The molecule has 2 aromatic rings. The number of carbonyl (C=O) groups excluding carboxylic acids is 2. The first kappa shape index (κ1) is 22.0. The number of hydrogen-bond acceptors (Lipinski definition) is 5. The van der Waals surface area contributed by atoms with Gasteiger partial charge in [0.1, 0.15) is 0 Å². The second kappa shape index (κ2) is 9.86. The molecule has 0 atom stereocenters. The van der Waals surface area contributed by atoms with Gasteiger partial charge in [-0.05, 0) is 43.0 Å². The molecule has 0 saturated carbocycles. The van der Waals surface area contributed by atoms with E-state index in [1.165, 1.54) is 16.4 Å². The second-order valence-electron chi connectivity index (χ2n) is 7.28. The third-order valence-corrected chi connectivity index (χ3v) is 6.94. The molecule has 1 heterocycles. The van der Waals surface area contributed by atoms with Crippen LogP contribution in [0.1, 0.15) is 40.7 Å². The highest BCUT2D eigenvalue weighted by molar-refractivity contribution is 7.89. The van der Waals surface area contributed by atoms with E-state index in [9.17, 15) is 18.0 Å². The smallest absolute Gasteiger partial charge is 0.338 e. The molecule has 1 aliphatic rings. The molecule has 0 radical (unpaired) electrons. The summed E-state index contributed by atoms with van der Waals surface area (Å²) in [6.07, 6.45) is 2.68. The lowest BCUT2D eigenvalue weighted by Gasteiger charge is -2.26. The van der Waals surface area contributed by atoms with Gasteiger partial charge in [-0.25, -0.2) is 13.2 Å². The number of amides is 1. The molecule has 1 saturated heterocycles. The van der Waals surface area contributed by atoms with E-state index in [0.717, 1.165) is 24.8 Å². The van der Waals surface area contributed by atoms with Crippen LogP contribution in [0.15, 0.2) is 53.4 Å². The highest BCUT2D eigenvalue weighted by Gasteiger charge is 2.27. The summed E-state index contributed by atoms with van der Waals surface area (Å²) in [4.78, 5) is 24.5. The number of piperidine rings is 1. The van der Waals surface area contributed by atoms with Gasteiger partial charge in [-0.2, -0.15) is 4.31 Å². The van der Waals surface area contributed by atoms with Crippen molar-refractivity contribution in [1.82, 2.24) is 9.62 Å². The first-order valence-corrected chi connectivity index (χ1v) is 11.4. The van der Waals surface area contributed by atoms with E-state index in [4.69, 9.17) is 4.74 Å². The molecular formula is C22H26N2O5S. The Labute approximate surface area is 177 Å². The zero-order chi connectivity index (χ0) is 21.6. The standard InChI is InChI=1S/C22H26N2O5S/c1-17-10-11-19(30(27,28)24-12-6-3-7-13-24)14-20(17)22(26)29-16-21(25)23-15-18-8-4-2-5-9-18/h2,4-5,8-11,14H,3,6-7,12-13,15-16H2,1H3,(H,23,25). The van der Waals surface area contributed by atoms with Gasteiger partial charge in [0.25, 0.3) is 5.91 Å². The van der Waals surface area contributed by atoms with Gasteiger partial charge in [0, 0.05) is 19.6 Å². The number of rotatable bonds is 7. The summed E-state index contributed by atoms with van der Waals surface area (Å²) in [7, 11) is -3.66. The Balaban J connectivity index is 1.62. The van der Waals surface area contributed by atoms with Gasteiger partial charge >= 0.3 is 5.97 Å². The summed E-state index contributed by atoms with van der Waals surface area (Å²) < 4.78 is 32.3. The van der Waals surface area contributed by atoms with Crippen LogP contribution in [-0.4, -0.2) is 44.3 Å². The van der Waals surface area contributed by atoms with Crippen LogP contribution in [0.5, 0.6) is 0 Å². The highest BCUT2D eigenvalue weighted by atomic mass is 32.2. The van der Waals surface area contributed by atoms with Crippen molar-refractivity contribution in [2.45, 2.75) is 37.6 Å². The maximum Gasteiger partial charge on any atom is 0.338 e. The minimum absolute atomic E-state index is 0.0653. The Morgan fingerprint density at radius 1 is 1.03 bits per heavy atom. The second-order valence-corrected chi connectivity index (χ2v) is 9.22. The third-order valence-electron chi connectivity index (χ3n) is 5.05. The number of benzene rings is 2. The topological polar surface area (TPSA) is 92.8 Å². The van der Waals surface area contributed by atoms with Crippen LogP contribution in [0.4, 0.5) is 0 Å². The number of ether oxygens (including phenoxy) is 1. The summed E-state index contributed by atoms with van der Waals surface area (Å²) in [6.45, 7) is 2.56. The lowest BCUT2D eigenvalue weighted by molar-refractivity contribution is -0.124. The Kier molecular flexibility index (Phi) is 7.23. The summed E-state index contributed by atoms with van der Waals surface area (Å²) in [6, 6.07) is 13.8. The molecule has 1 aliphatic heterocycles. The van der Waals surface area contributed by atoms with Gasteiger partial charge in [-0.3, -0.25) is 4.79 Å². The Morgan fingerprint density at radius 3 is 2.43 bits per heavy atom. The van der Waals surface area contributed by atoms with E-state index in [-0.39, 0.29) is 10.5 Å². The molecule has 0 aromatic heterocycles. The van der Waals surface area contributed by atoms with E-state index in [1.54, 1.807) is 13.0 Å². The van der Waals surface area contributed by atoms with Crippen LogP contribution in [-0.2, 0) is 26.1 Å². The maximum absolute atomic E-state index is 12.9. The first-order valence-electron chi connectivity index (χ1n) is 9.96. The Hall–Kier alpha value is -2.71. The molecule has 0 aliphatic carbocycles. The predicted octanol–water partition coefficient (Wildman–Crippen LogP) is 2.64. The number of carbonyl (C=O) groups is 2. The first-order chi connectivity index (χ1) is 14.4. The molecule has 1 fully saturated rings. The van der Waals surface area contributed by atoms with E-state index >= 15 is 0 Å². The SMILES string of the molecule is Cc1ccc(S(=O)(=O)N2CCCCC2)cc1C(=O)OCC(=O)NCc1ccccc1. The number of esters is 1. The molecule has 8 heteroatoms. The minimum atomic E-state index is -3.66. The van der Waals surface area contributed by atoms with Crippen molar-refractivity contribution in [3.63, 3.8) is 0 Å². The van der Waals surface area contributed by atoms with Crippen molar-refractivity contribution >= 4 is 21.9 Å². The van der Waals surface area contributed by atoms with Crippen molar-refractivity contribution in [3.05, 3.63) is 65.2 Å². The lowest BCUT2D eigenvalue weighted by atomic mass is 10.1. The van der Waals surface area contributed by atoms with E-state index < -0.39 is 28.5 Å². The van der Waals surface area contributed by atoms with Crippen molar-refractivity contribution in [1.29, 1.82) is 0 Å². The molecule has 0 spiro atoms. The van der Waals surface area contributed by atoms with Crippen LogP contribution in [0, 0.1) is 6.92 Å². The molecule has 2 aromatic carbocycles. The fourth-order valence-corrected chi connectivity index (χ4v) is 4.84. The minimum Gasteiger partial charge on any atom is -0.452 e. The summed E-state index contributed by atoms with van der Waals surface area (Å²) in [5.74, 6) is -1.15. The van der Waals surface area contributed by atoms with Crippen molar-refractivity contribution in [2.75, 3.05) is 19.7 Å². The molecule has 1 N–H and O–H groups in total. The van der Waals surface area contributed by atoms with Gasteiger partial charge < -0.3 is 10.1 Å². The third kappa shape index (κ3) is 5.46. The number of sulfonamides is 1. The fraction of sp³-hybridized carbons (Fsp3) is 0.364. The molecule has 30 heavy (non-hydrogen) atoms. The predicted molar refractivity (Wildman–Crippen MR) is 112 cm³/mol. The van der Waals surface area contributed by atoms with Crippen LogP contribution in [0.25, 0.3) is 0 Å². The quantitative estimate of drug-likeness (QED) is 0.682. The largest absolute Gasteiger partial charge is 0.452 e. The van der Waals surface area contributed by atoms with Gasteiger partial charge in [0.15, 0.2) is 6.61 Å². The molecule has 0 bridgehead atoms. The van der Waals surface area contributed by atoms with Gasteiger partial charge in [0.05, 0.1) is 10.5 Å². The zero-order valence-corrected chi connectivity index (χ0v) is 17.8. The van der Waals surface area contributed by atoms with Crippen molar-refractivity contribution in [3.8, 4) is 0 Å². The van der Waals surface area contributed by atoms with E-state index in [1.807, 2.05) is 30.3 Å². The van der Waals surface area contributed by atoms with Crippen LogP contribution < -0.4 is 5.32 Å². The number of hydrogen-bond donors (Lipinski definition) is 1. The average molecular weight is 431 g/mol. The number of aryl methyl sites for hydroxylation is 1. The Morgan fingerprint density at radius 2 is 1.73 bits per heavy atom. The summed E-state index contributed by atoms with van der Waals surface area (Å²) in [5.41, 5.74) is 1.66. The molecule has 7 nitrogen and oxygen atoms in total.